The summed E-state index contributed by atoms with van der Waals surface area (Å²) in [7, 11) is 0. The fraction of sp³-hybridized carbons (Fsp3) is 0.231. The van der Waals surface area contributed by atoms with Gasteiger partial charge >= 0.3 is 0 Å². The van der Waals surface area contributed by atoms with E-state index in [4.69, 9.17) is 0 Å². The number of thiophene rings is 1. The lowest BCUT2D eigenvalue weighted by Crippen LogP contribution is -2.23. The van der Waals surface area contributed by atoms with Gasteiger partial charge in [-0.3, -0.25) is 9.78 Å². The van der Waals surface area contributed by atoms with Gasteiger partial charge in [-0.1, -0.05) is 0 Å². The van der Waals surface area contributed by atoms with Crippen LogP contribution in [0.15, 0.2) is 34.2 Å². The van der Waals surface area contributed by atoms with Crippen molar-refractivity contribution in [3.05, 3.63) is 44.8 Å². The van der Waals surface area contributed by atoms with Gasteiger partial charge in [-0.05, 0) is 46.4 Å². The van der Waals surface area contributed by atoms with Crippen LogP contribution in [0.4, 0.5) is 5.69 Å². The first-order valence-corrected chi connectivity index (χ1v) is 7.58. The minimum Gasteiger partial charge on any atom is -0.385 e. The van der Waals surface area contributed by atoms with Gasteiger partial charge in [-0.15, -0.1) is 11.3 Å². The molecule has 6 heteroatoms. The average Bonchev–Trinajstić information content (AvgIpc) is 2.82. The van der Waals surface area contributed by atoms with Gasteiger partial charge in [0.25, 0.3) is 5.91 Å². The molecule has 0 saturated carbocycles. The highest BCUT2D eigenvalue weighted by atomic mass is 79.9. The summed E-state index contributed by atoms with van der Waals surface area (Å²) in [5, 5.41) is 8.00. The van der Waals surface area contributed by atoms with E-state index < -0.39 is 0 Å². The van der Waals surface area contributed by atoms with Gasteiger partial charge in [0.1, 0.15) is 5.69 Å². The second kappa shape index (κ2) is 6.68. The summed E-state index contributed by atoms with van der Waals surface area (Å²) in [6, 6.07) is 5.56. The minimum atomic E-state index is -0.167. The smallest absolute Gasteiger partial charge is 0.270 e. The summed E-state index contributed by atoms with van der Waals surface area (Å²) in [6.45, 7) is 3.33. The number of hydrogen-bond donors (Lipinski definition) is 2. The molecule has 0 saturated heterocycles. The van der Waals surface area contributed by atoms with Crippen LogP contribution in [-0.4, -0.2) is 17.4 Å². The molecule has 2 aromatic rings. The Labute approximate surface area is 124 Å². The molecule has 100 valence electrons. The highest BCUT2D eigenvalue weighted by Crippen LogP contribution is 2.22. The SMILES string of the molecule is CCNc1ccnc(C(=O)NCc2sccc2Br)c1. The quantitative estimate of drug-likeness (QED) is 0.878. The maximum absolute atomic E-state index is 12.0. The zero-order valence-corrected chi connectivity index (χ0v) is 12.8. The van der Waals surface area contributed by atoms with E-state index in [9.17, 15) is 4.79 Å². The number of amides is 1. The maximum atomic E-state index is 12.0. The highest BCUT2D eigenvalue weighted by molar-refractivity contribution is 9.10. The molecule has 0 fully saturated rings. The fourth-order valence-corrected chi connectivity index (χ4v) is 3.00. The van der Waals surface area contributed by atoms with Gasteiger partial charge in [-0.2, -0.15) is 0 Å². The van der Waals surface area contributed by atoms with Crippen molar-refractivity contribution in [2.75, 3.05) is 11.9 Å². The molecular weight excluding hydrogens is 326 g/mol. The Bertz CT molecular complexity index is 571. The number of nitrogens with zero attached hydrogens (tertiary/aromatic N) is 1. The van der Waals surface area contributed by atoms with Crippen LogP contribution in [0.3, 0.4) is 0 Å². The van der Waals surface area contributed by atoms with Crippen molar-refractivity contribution in [1.29, 1.82) is 0 Å². The van der Waals surface area contributed by atoms with E-state index in [1.807, 2.05) is 24.4 Å². The predicted octanol–water partition coefficient (Wildman–Crippen LogP) is 3.27. The topological polar surface area (TPSA) is 54.0 Å². The standard InChI is InChI=1S/C13H14BrN3OS/c1-2-15-9-3-5-16-11(7-9)13(18)17-8-12-10(14)4-6-19-12/h3-7H,2,8H2,1H3,(H,15,16)(H,17,18). The maximum Gasteiger partial charge on any atom is 0.270 e. The van der Waals surface area contributed by atoms with Crippen LogP contribution < -0.4 is 10.6 Å². The number of carbonyl (C=O) groups is 1. The van der Waals surface area contributed by atoms with Crippen molar-refractivity contribution in [2.45, 2.75) is 13.5 Å². The van der Waals surface area contributed by atoms with Crippen LogP contribution in [0.1, 0.15) is 22.3 Å². The molecule has 0 radical (unpaired) electrons. The summed E-state index contributed by atoms with van der Waals surface area (Å²) in [4.78, 5) is 17.2. The lowest BCUT2D eigenvalue weighted by molar-refractivity contribution is 0.0946. The van der Waals surface area contributed by atoms with Gasteiger partial charge in [-0.25, -0.2) is 0 Å². The van der Waals surface area contributed by atoms with Crippen molar-refractivity contribution < 1.29 is 4.79 Å². The lowest BCUT2D eigenvalue weighted by Gasteiger charge is -2.06. The van der Waals surface area contributed by atoms with Gasteiger partial charge in [0.2, 0.25) is 0 Å². The molecular formula is C13H14BrN3OS. The zero-order valence-electron chi connectivity index (χ0n) is 10.4. The second-order valence-corrected chi connectivity index (χ2v) is 5.69. The van der Waals surface area contributed by atoms with Crippen molar-refractivity contribution in [1.82, 2.24) is 10.3 Å². The van der Waals surface area contributed by atoms with E-state index in [0.29, 0.717) is 12.2 Å². The van der Waals surface area contributed by atoms with E-state index in [0.717, 1.165) is 21.6 Å². The number of carbonyl (C=O) groups excluding carboxylic acids is 1. The summed E-state index contributed by atoms with van der Waals surface area (Å²) >= 11 is 5.04. The first-order valence-electron chi connectivity index (χ1n) is 5.90. The van der Waals surface area contributed by atoms with Crippen LogP contribution in [0, 0.1) is 0 Å². The third kappa shape index (κ3) is 3.78. The minimum absolute atomic E-state index is 0.167. The Morgan fingerprint density at radius 1 is 1.47 bits per heavy atom. The van der Waals surface area contributed by atoms with Crippen LogP contribution in [0.25, 0.3) is 0 Å². The largest absolute Gasteiger partial charge is 0.385 e. The van der Waals surface area contributed by atoms with Gasteiger partial charge in [0.05, 0.1) is 6.54 Å². The first kappa shape index (κ1) is 14.0. The number of rotatable bonds is 5. The normalized spacial score (nSPS) is 10.2. The Balaban J connectivity index is 2.00. The van der Waals surface area contributed by atoms with Crippen LogP contribution >= 0.6 is 27.3 Å². The van der Waals surface area contributed by atoms with Gasteiger partial charge in [0.15, 0.2) is 0 Å². The summed E-state index contributed by atoms with van der Waals surface area (Å²) < 4.78 is 1.02. The fourth-order valence-electron chi connectivity index (χ4n) is 1.57. The third-order valence-electron chi connectivity index (χ3n) is 2.47. The summed E-state index contributed by atoms with van der Waals surface area (Å²) in [6.07, 6.45) is 1.63. The van der Waals surface area contributed by atoms with Crippen LogP contribution in [0.5, 0.6) is 0 Å². The Hall–Kier alpha value is -1.40. The molecule has 0 unspecified atom stereocenters. The molecule has 2 N–H and O–H groups in total. The third-order valence-corrected chi connectivity index (χ3v) is 4.40. The number of pyridine rings is 1. The van der Waals surface area contributed by atoms with E-state index in [1.165, 1.54) is 0 Å². The van der Waals surface area contributed by atoms with Crippen molar-refractivity contribution in [3.8, 4) is 0 Å². The second-order valence-electron chi connectivity index (χ2n) is 3.83. The number of nitrogens with one attached hydrogen (secondary N) is 2. The van der Waals surface area contributed by atoms with Crippen molar-refractivity contribution >= 4 is 38.9 Å². The predicted molar refractivity (Wildman–Crippen MR) is 81.6 cm³/mol. The number of hydrogen-bond acceptors (Lipinski definition) is 4. The molecule has 2 rings (SSSR count). The van der Waals surface area contributed by atoms with Gasteiger partial charge in [0, 0.05) is 27.8 Å². The van der Waals surface area contributed by atoms with E-state index in [-0.39, 0.29) is 5.91 Å². The molecule has 4 nitrogen and oxygen atoms in total. The zero-order chi connectivity index (χ0) is 13.7. The number of anilines is 1. The monoisotopic (exact) mass is 339 g/mol. The molecule has 2 heterocycles. The molecule has 0 spiro atoms. The first-order chi connectivity index (χ1) is 9.20. The summed E-state index contributed by atoms with van der Waals surface area (Å²) in [5.74, 6) is -0.167. The molecule has 0 aliphatic heterocycles. The Morgan fingerprint density at radius 3 is 3.00 bits per heavy atom. The number of aromatic nitrogens is 1. The molecule has 1 amide bonds. The van der Waals surface area contributed by atoms with E-state index >= 15 is 0 Å². The molecule has 2 aromatic heterocycles. The van der Waals surface area contributed by atoms with E-state index in [1.54, 1.807) is 23.6 Å². The van der Waals surface area contributed by atoms with Crippen LogP contribution in [-0.2, 0) is 6.54 Å². The molecule has 0 bridgehead atoms. The average molecular weight is 340 g/mol. The molecule has 0 aromatic carbocycles. The summed E-state index contributed by atoms with van der Waals surface area (Å²) in [5.41, 5.74) is 1.33. The number of halogens is 1. The van der Waals surface area contributed by atoms with E-state index in [2.05, 4.69) is 31.5 Å². The van der Waals surface area contributed by atoms with Crippen molar-refractivity contribution in [3.63, 3.8) is 0 Å². The lowest BCUT2D eigenvalue weighted by atomic mass is 10.3. The Kier molecular flexibility index (Phi) is 4.93. The molecule has 0 atom stereocenters. The van der Waals surface area contributed by atoms with Crippen LogP contribution in [0.2, 0.25) is 0 Å². The van der Waals surface area contributed by atoms with Gasteiger partial charge < -0.3 is 10.6 Å². The van der Waals surface area contributed by atoms with Crippen molar-refractivity contribution in [2.24, 2.45) is 0 Å². The molecule has 0 aliphatic rings. The molecule has 0 aliphatic carbocycles. The molecule has 19 heavy (non-hydrogen) atoms. The highest BCUT2D eigenvalue weighted by Gasteiger charge is 2.09. The Morgan fingerprint density at radius 2 is 2.32 bits per heavy atom.